The van der Waals surface area contributed by atoms with Gasteiger partial charge in [0.25, 0.3) is 0 Å². The Morgan fingerprint density at radius 1 is 1.30 bits per heavy atom. The third-order valence-electron chi connectivity index (χ3n) is 3.34. The van der Waals surface area contributed by atoms with Crippen LogP contribution in [0.15, 0.2) is 18.5 Å². The van der Waals surface area contributed by atoms with E-state index in [2.05, 4.69) is 44.2 Å². The third-order valence-corrected chi connectivity index (χ3v) is 3.34. The summed E-state index contributed by atoms with van der Waals surface area (Å²) in [4.78, 5) is 10.2. The molecule has 1 aliphatic heterocycles. The zero-order valence-electron chi connectivity index (χ0n) is 11.5. The van der Waals surface area contributed by atoms with Gasteiger partial charge in [-0.2, -0.15) is 4.98 Å². The van der Waals surface area contributed by atoms with Crippen LogP contribution in [0, 0.1) is 5.82 Å². The largest absolute Gasteiger partial charge is 0.336 e. The Bertz CT molecular complexity index is 588. The van der Waals surface area contributed by atoms with Gasteiger partial charge in [0.15, 0.2) is 11.6 Å². The minimum atomic E-state index is -0.405. The molecule has 3 heterocycles. The molecule has 3 rings (SSSR count). The molecule has 106 valence electrons. The zero-order valence-corrected chi connectivity index (χ0v) is 11.5. The van der Waals surface area contributed by atoms with Crippen molar-refractivity contribution in [1.82, 2.24) is 25.5 Å². The van der Waals surface area contributed by atoms with Gasteiger partial charge in [0, 0.05) is 31.4 Å². The number of anilines is 1. The lowest BCUT2D eigenvalue weighted by Crippen LogP contribution is -2.54. The number of H-pyrrole nitrogens is 1. The summed E-state index contributed by atoms with van der Waals surface area (Å²) in [6.07, 6.45) is 2.71. The number of aromatic nitrogens is 4. The van der Waals surface area contributed by atoms with Gasteiger partial charge in [0.2, 0.25) is 5.95 Å². The number of nitrogens with one attached hydrogen (secondary N) is 2. The van der Waals surface area contributed by atoms with Crippen molar-refractivity contribution < 1.29 is 4.39 Å². The molecule has 1 saturated heterocycles. The highest BCUT2D eigenvalue weighted by Crippen LogP contribution is 2.20. The van der Waals surface area contributed by atoms with Crippen molar-refractivity contribution in [2.45, 2.75) is 25.9 Å². The van der Waals surface area contributed by atoms with Crippen LogP contribution in [-0.2, 0) is 0 Å². The van der Waals surface area contributed by atoms with Gasteiger partial charge < -0.3 is 10.2 Å². The number of rotatable bonds is 2. The van der Waals surface area contributed by atoms with E-state index in [9.17, 15) is 4.39 Å². The predicted molar refractivity (Wildman–Crippen MR) is 73.8 cm³/mol. The second-order valence-corrected chi connectivity index (χ2v) is 5.21. The molecule has 0 aromatic carbocycles. The molecule has 1 aliphatic rings. The van der Waals surface area contributed by atoms with E-state index >= 15 is 0 Å². The highest BCUT2D eigenvalue weighted by molar-refractivity contribution is 5.56. The van der Waals surface area contributed by atoms with Crippen LogP contribution in [0.5, 0.6) is 0 Å². The summed E-state index contributed by atoms with van der Waals surface area (Å²) in [5, 5.41) is 10.5. The lowest BCUT2D eigenvalue weighted by Gasteiger charge is -2.35. The Kier molecular flexibility index (Phi) is 3.35. The number of nitrogens with zero attached hydrogens (tertiary/aromatic N) is 4. The summed E-state index contributed by atoms with van der Waals surface area (Å²) < 4.78 is 13.7. The van der Waals surface area contributed by atoms with Crippen molar-refractivity contribution in [3.63, 3.8) is 0 Å². The lowest BCUT2D eigenvalue weighted by atomic mass is 10.1. The molecule has 1 fully saturated rings. The molecule has 6 nitrogen and oxygen atoms in total. The minimum Gasteiger partial charge on any atom is -0.336 e. The van der Waals surface area contributed by atoms with Gasteiger partial charge in [-0.25, -0.2) is 4.39 Å². The van der Waals surface area contributed by atoms with Crippen LogP contribution in [0.4, 0.5) is 10.3 Å². The van der Waals surface area contributed by atoms with Gasteiger partial charge in [0.05, 0.1) is 11.8 Å². The van der Waals surface area contributed by atoms with Crippen molar-refractivity contribution in [2.24, 2.45) is 0 Å². The second-order valence-electron chi connectivity index (χ2n) is 5.21. The van der Waals surface area contributed by atoms with E-state index in [0.29, 0.717) is 29.4 Å². The molecule has 0 aliphatic carbocycles. The molecule has 0 radical (unpaired) electrons. The number of pyridine rings is 1. The smallest absolute Gasteiger partial charge is 0.245 e. The minimum absolute atomic E-state index is 0.373. The van der Waals surface area contributed by atoms with Crippen LogP contribution < -0.4 is 10.2 Å². The molecule has 2 aromatic rings. The first-order valence-corrected chi connectivity index (χ1v) is 6.67. The van der Waals surface area contributed by atoms with Crippen molar-refractivity contribution in [3.8, 4) is 11.4 Å². The maximum atomic E-state index is 13.7. The molecule has 2 N–H and O–H groups in total. The third kappa shape index (κ3) is 2.49. The molecule has 0 saturated carbocycles. The normalized spacial score (nSPS) is 23.1. The van der Waals surface area contributed by atoms with Crippen molar-refractivity contribution in [2.75, 3.05) is 18.0 Å². The van der Waals surface area contributed by atoms with Crippen molar-refractivity contribution >= 4 is 5.95 Å². The molecule has 0 spiro atoms. The topological polar surface area (TPSA) is 69.7 Å². The average molecular weight is 276 g/mol. The molecule has 0 bridgehead atoms. The second kappa shape index (κ2) is 5.16. The first-order chi connectivity index (χ1) is 9.63. The molecule has 2 aromatic heterocycles. The number of hydrogen-bond acceptors (Lipinski definition) is 5. The SMILES string of the molecule is CC1CN(c2n[nH]c(-c3ccncc3F)n2)CC(C)N1. The fraction of sp³-hybridized carbons (Fsp3) is 0.462. The van der Waals surface area contributed by atoms with Crippen LogP contribution in [-0.4, -0.2) is 45.3 Å². The molecule has 2 unspecified atom stereocenters. The van der Waals surface area contributed by atoms with Crippen LogP contribution >= 0.6 is 0 Å². The van der Waals surface area contributed by atoms with Gasteiger partial charge in [0.1, 0.15) is 0 Å². The predicted octanol–water partition coefficient (Wildman–Crippen LogP) is 1.19. The maximum Gasteiger partial charge on any atom is 0.245 e. The quantitative estimate of drug-likeness (QED) is 0.862. The standard InChI is InChI=1S/C13H17FN6/c1-8-6-20(7-9(2)16-8)13-17-12(18-19-13)10-3-4-15-5-11(10)14/h3-5,8-9,16H,6-7H2,1-2H3,(H,17,18,19). The first kappa shape index (κ1) is 13.0. The Hall–Kier alpha value is -2.02. The van der Waals surface area contributed by atoms with E-state index in [1.807, 2.05) is 0 Å². The molecule has 7 heteroatoms. The van der Waals surface area contributed by atoms with Crippen LogP contribution in [0.1, 0.15) is 13.8 Å². The van der Waals surface area contributed by atoms with Gasteiger partial charge in [-0.05, 0) is 19.9 Å². The van der Waals surface area contributed by atoms with Crippen molar-refractivity contribution in [3.05, 3.63) is 24.3 Å². The van der Waals surface area contributed by atoms with E-state index < -0.39 is 5.82 Å². The average Bonchev–Trinajstić information content (AvgIpc) is 2.87. The highest BCUT2D eigenvalue weighted by atomic mass is 19.1. The molecule has 20 heavy (non-hydrogen) atoms. The van der Waals surface area contributed by atoms with E-state index in [0.717, 1.165) is 13.1 Å². The Morgan fingerprint density at radius 3 is 2.75 bits per heavy atom. The summed E-state index contributed by atoms with van der Waals surface area (Å²) in [5.74, 6) is 0.632. The summed E-state index contributed by atoms with van der Waals surface area (Å²) in [5.41, 5.74) is 0.384. The number of aromatic amines is 1. The first-order valence-electron chi connectivity index (χ1n) is 6.67. The fourth-order valence-electron chi connectivity index (χ4n) is 2.57. The zero-order chi connectivity index (χ0) is 14.1. The lowest BCUT2D eigenvalue weighted by molar-refractivity contribution is 0.403. The van der Waals surface area contributed by atoms with Gasteiger partial charge in [-0.1, -0.05) is 0 Å². The number of halogens is 1. The van der Waals surface area contributed by atoms with E-state index in [1.165, 1.54) is 12.4 Å². The summed E-state index contributed by atoms with van der Waals surface area (Å²) in [6.45, 7) is 5.92. The van der Waals surface area contributed by atoms with Gasteiger partial charge >= 0.3 is 0 Å². The molecule has 2 atom stereocenters. The number of hydrogen-bond donors (Lipinski definition) is 2. The van der Waals surface area contributed by atoms with Crippen molar-refractivity contribution in [1.29, 1.82) is 0 Å². The van der Waals surface area contributed by atoms with Gasteiger partial charge in [-0.3, -0.25) is 10.1 Å². The summed E-state index contributed by atoms with van der Waals surface area (Å²) in [6, 6.07) is 2.33. The number of piperazine rings is 1. The van der Waals surface area contributed by atoms with E-state index in [-0.39, 0.29) is 0 Å². The van der Waals surface area contributed by atoms with Crippen LogP contribution in [0.25, 0.3) is 11.4 Å². The Morgan fingerprint density at radius 2 is 2.05 bits per heavy atom. The fourth-order valence-corrected chi connectivity index (χ4v) is 2.57. The molecular weight excluding hydrogens is 259 g/mol. The highest BCUT2D eigenvalue weighted by Gasteiger charge is 2.24. The van der Waals surface area contributed by atoms with E-state index in [1.54, 1.807) is 6.07 Å². The Labute approximate surface area is 116 Å². The van der Waals surface area contributed by atoms with Crippen LogP contribution in [0.2, 0.25) is 0 Å². The van der Waals surface area contributed by atoms with Gasteiger partial charge in [-0.15, -0.1) is 5.10 Å². The summed E-state index contributed by atoms with van der Waals surface area (Å²) in [7, 11) is 0. The van der Waals surface area contributed by atoms with Crippen LogP contribution in [0.3, 0.4) is 0 Å². The van der Waals surface area contributed by atoms with E-state index in [4.69, 9.17) is 0 Å². The Balaban J connectivity index is 1.85. The maximum absolute atomic E-state index is 13.7. The molecule has 0 amide bonds. The summed E-state index contributed by atoms with van der Waals surface area (Å²) >= 11 is 0. The molecular formula is C13H17FN6. The monoisotopic (exact) mass is 276 g/mol.